The maximum atomic E-state index is 13.0. The Hall–Kier alpha value is -1.88. The first kappa shape index (κ1) is 16.6. The molecule has 1 heterocycles. The summed E-state index contributed by atoms with van der Waals surface area (Å²) in [5.74, 6) is 0. The number of aromatic nitrogens is 1. The lowest BCUT2D eigenvalue weighted by molar-refractivity contribution is 0.854. The molecule has 0 bridgehead atoms. The van der Waals surface area contributed by atoms with Crippen molar-refractivity contribution in [3.05, 3.63) is 92.1 Å². The highest BCUT2D eigenvalue weighted by Crippen LogP contribution is 2.37. The molecule has 0 aliphatic carbocycles. The smallest absolute Gasteiger partial charge is 0.268 e. The highest BCUT2D eigenvalue weighted by Gasteiger charge is 2.15. The molecule has 4 rings (SSSR count). The molecule has 1 aromatic heterocycles. The summed E-state index contributed by atoms with van der Waals surface area (Å²) in [6, 6.07) is 21.7. The van der Waals surface area contributed by atoms with Crippen LogP contribution >= 0.6 is 39.1 Å². The van der Waals surface area contributed by atoms with Crippen LogP contribution in [0.1, 0.15) is 5.56 Å². The normalized spacial score (nSPS) is 11.1. The van der Waals surface area contributed by atoms with E-state index in [0.717, 1.165) is 31.2 Å². The van der Waals surface area contributed by atoms with E-state index in [1.165, 1.54) is 11.5 Å². The van der Waals surface area contributed by atoms with Gasteiger partial charge in [0, 0.05) is 4.47 Å². The molecule has 25 heavy (non-hydrogen) atoms. The summed E-state index contributed by atoms with van der Waals surface area (Å²) < 4.78 is 3.59. The van der Waals surface area contributed by atoms with E-state index in [2.05, 4.69) is 15.9 Å². The van der Waals surface area contributed by atoms with Crippen molar-refractivity contribution in [1.29, 1.82) is 0 Å². The van der Waals surface area contributed by atoms with Gasteiger partial charge in [0.25, 0.3) is 5.56 Å². The lowest BCUT2D eigenvalue weighted by Crippen LogP contribution is -2.14. The second-order valence-electron chi connectivity index (χ2n) is 5.70. The number of nitrogens with zero attached hydrogens (tertiary/aromatic N) is 1. The van der Waals surface area contributed by atoms with Crippen LogP contribution in [0.15, 0.2) is 76.0 Å². The van der Waals surface area contributed by atoms with Gasteiger partial charge in [-0.05, 0) is 44.8 Å². The molecular weight excluding hydrogens is 418 g/mol. The molecule has 0 atom stereocenters. The Balaban J connectivity index is 1.90. The predicted octanol–water partition coefficient (Wildman–Crippen LogP) is 6.19. The molecule has 0 fully saturated rings. The van der Waals surface area contributed by atoms with Crippen LogP contribution in [0.25, 0.3) is 21.2 Å². The molecular formula is C20H13BrClNOS. The van der Waals surface area contributed by atoms with Crippen molar-refractivity contribution in [3.8, 4) is 11.1 Å². The van der Waals surface area contributed by atoms with Gasteiger partial charge in [0.05, 0.1) is 21.7 Å². The Bertz CT molecular complexity index is 1120. The molecule has 0 unspecified atom stereocenters. The number of halogens is 2. The van der Waals surface area contributed by atoms with E-state index in [0.29, 0.717) is 11.6 Å². The van der Waals surface area contributed by atoms with Crippen molar-refractivity contribution in [1.82, 2.24) is 3.96 Å². The van der Waals surface area contributed by atoms with Crippen molar-refractivity contribution in [2.45, 2.75) is 6.54 Å². The molecule has 124 valence electrons. The number of rotatable bonds is 3. The Morgan fingerprint density at radius 1 is 0.920 bits per heavy atom. The monoisotopic (exact) mass is 429 g/mol. The Morgan fingerprint density at radius 2 is 1.64 bits per heavy atom. The second kappa shape index (κ2) is 6.79. The number of hydrogen-bond donors (Lipinski definition) is 0. The lowest BCUT2D eigenvalue weighted by Gasteiger charge is -2.07. The van der Waals surface area contributed by atoms with Crippen molar-refractivity contribution < 1.29 is 0 Å². The van der Waals surface area contributed by atoms with Crippen LogP contribution in [-0.4, -0.2) is 3.96 Å². The van der Waals surface area contributed by atoms with Gasteiger partial charge in [-0.25, -0.2) is 0 Å². The first-order valence-electron chi connectivity index (χ1n) is 7.76. The summed E-state index contributed by atoms with van der Waals surface area (Å²) in [6.07, 6.45) is 0. The van der Waals surface area contributed by atoms with E-state index < -0.39 is 0 Å². The van der Waals surface area contributed by atoms with Crippen molar-refractivity contribution in [2.75, 3.05) is 0 Å². The molecule has 0 saturated carbocycles. The minimum absolute atomic E-state index is 0.0336. The molecule has 0 N–H and O–H groups in total. The van der Waals surface area contributed by atoms with Crippen LogP contribution in [0.2, 0.25) is 5.02 Å². The summed E-state index contributed by atoms with van der Waals surface area (Å²) in [5.41, 5.74) is 2.98. The largest absolute Gasteiger partial charge is 0.269 e. The fourth-order valence-corrected chi connectivity index (χ4v) is 4.61. The fourth-order valence-electron chi connectivity index (χ4n) is 2.90. The molecule has 0 amide bonds. The second-order valence-corrected chi connectivity index (χ2v) is 7.96. The summed E-state index contributed by atoms with van der Waals surface area (Å²) in [6.45, 7) is 0.579. The van der Waals surface area contributed by atoms with Gasteiger partial charge in [-0.3, -0.25) is 8.75 Å². The molecule has 0 aliphatic heterocycles. The summed E-state index contributed by atoms with van der Waals surface area (Å²) in [4.78, 5) is 13.0. The van der Waals surface area contributed by atoms with Gasteiger partial charge in [-0.1, -0.05) is 77.7 Å². The Morgan fingerprint density at radius 3 is 2.44 bits per heavy atom. The average Bonchev–Trinajstić information content (AvgIpc) is 2.94. The molecule has 3 aromatic carbocycles. The maximum absolute atomic E-state index is 13.0. The third-order valence-electron chi connectivity index (χ3n) is 4.09. The third-order valence-corrected chi connectivity index (χ3v) is 6.54. The maximum Gasteiger partial charge on any atom is 0.269 e. The van der Waals surface area contributed by atoms with Crippen molar-refractivity contribution >= 4 is 49.1 Å². The van der Waals surface area contributed by atoms with Crippen LogP contribution < -0.4 is 5.56 Å². The summed E-state index contributed by atoms with van der Waals surface area (Å²) in [5, 5.41) is 1.38. The van der Waals surface area contributed by atoms with E-state index in [-0.39, 0.29) is 5.56 Å². The number of benzene rings is 3. The molecule has 0 radical (unpaired) electrons. The van der Waals surface area contributed by atoms with Gasteiger partial charge in [0.2, 0.25) is 0 Å². The van der Waals surface area contributed by atoms with Crippen LogP contribution in [0.3, 0.4) is 0 Å². The molecule has 0 spiro atoms. The zero-order chi connectivity index (χ0) is 17.4. The van der Waals surface area contributed by atoms with Crippen molar-refractivity contribution in [3.63, 3.8) is 0 Å². The molecule has 0 aliphatic rings. The van der Waals surface area contributed by atoms with Gasteiger partial charge in [0.1, 0.15) is 0 Å². The number of hydrogen-bond acceptors (Lipinski definition) is 2. The van der Waals surface area contributed by atoms with Gasteiger partial charge in [-0.15, -0.1) is 0 Å². The quantitative estimate of drug-likeness (QED) is 0.379. The Labute approximate surface area is 162 Å². The zero-order valence-electron chi connectivity index (χ0n) is 13.1. The lowest BCUT2D eigenvalue weighted by atomic mass is 10.0. The summed E-state index contributed by atoms with van der Waals surface area (Å²) >= 11 is 11.3. The van der Waals surface area contributed by atoms with Gasteiger partial charge < -0.3 is 0 Å². The van der Waals surface area contributed by atoms with Gasteiger partial charge in [0.15, 0.2) is 0 Å². The standard InChI is InChI=1S/C20H13BrClNOS/c21-19-15(9-4-10-16(19)22)14-8-5-11-17-18(14)20(24)23(25-17)12-13-6-2-1-3-7-13/h1-11H,12H2. The topological polar surface area (TPSA) is 22.0 Å². The highest BCUT2D eigenvalue weighted by molar-refractivity contribution is 9.10. The summed E-state index contributed by atoms with van der Waals surface area (Å²) in [7, 11) is 0. The van der Waals surface area contributed by atoms with E-state index in [9.17, 15) is 4.79 Å². The molecule has 0 saturated heterocycles. The zero-order valence-corrected chi connectivity index (χ0v) is 16.2. The molecule has 2 nitrogen and oxygen atoms in total. The Kier molecular flexibility index (Phi) is 4.50. The first-order valence-corrected chi connectivity index (χ1v) is 9.71. The van der Waals surface area contributed by atoms with E-state index in [1.807, 2.05) is 70.7 Å². The van der Waals surface area contributed by atoms with Crippen LogP contribution in [-0.2, 0) is 6.54 Å². The van der Waals surface area contributed by atoms with Crippen LogP contribution in [0, 0.1) is 0 Å². The SMILES string of the molecule is O=c1c2c(-c3cccc(Cl)c3Br)cccc2sn1Cc1ccccc1. The minimum atomic E-state index is 0.0336. The third kappa shape index (κ3) is 3.06. The fraction of sp³-hybridized carbons (Fsp3) is 0.0500. The minimum Gasteiger partial charge on any atom is -0.268 e. The van der Waals surface area contributed by atoms with Crippen LogP contribution in [0.5, 0.6) is 0 Å². The first-order chi connectivity index (χ1) is 12.1. The predicted molar refractivity (Wildman–Crippen MR) is 110 cm³/mol. The average molecular weight is 431 g/mol. The van der Waals surface area contributed by atoms with E-state index in [1.54, 1.807) is 0 Å². The van der Waals surface area contributed by atoms with Crippen LogP contribution in [0.4, 0.5) is 0 Å². The van der Waals surface area contributed by atoms with E-state index in [4.69, 9.17) is 11.6 Å². The molecule has 5 heteroatoms. The van der Waals surface area contributed by atoms with Gasteiger partial charge in [-0.2, -0.15) is 0 Å². The molecule has 4 aromatic rings. The van der Waals surface area contributed by atoms with E-state index >= 15 is 0 Å². The highest BCUT2D eigenvalue weighted by atomic mass is 79.9. The van der Waals surface area contributed by atoms with Gasteiger partial charge >= 0.3 is 0 Å². The number of fused-ring (bicyclic) bond motifs is 1. The van der Waals surface area contributed by atoms with Crippen molar-refractivity contribution in [2.24, 2.45) is 0 Å².